The first kappa shape index (κ1) is 12.7. The highest BCUT2D eigenvalue weighted by Gasteiger charge is 2.18. The minimum Gasteiger partial charge on any atom is -0.507 e. The van der Waals surface area contributed by atoms with Gasteiger partial charge in [-0.15, -0.1) is 0 Å². The van der Waals surface area contributed by atoms with Crippen molar-refractivity contribution in [3.8, 4) is 5.75 Å². The normalized spacial score (nSPS) is 11.3. The van der Waals surface area contributed by atoms with Crippen LogP contribution in [0.2, 0.25) is 0 Å². The Morgan fingerprint density at radius 3 is 2.56 bits per heavy atom. The van der Waals surface area contributed by atoms with E-state index in [0.29, 0.717) is 23.1 Å². The van der Waals surface area contributed by atoms with Crippen molar-refractivity contribution in [1.82, 2.24) is 4.74 Å². The molecule has 1 aromatic carbocycles. The summed E-state index contributed by atoms with van der Waals surface area (Å²) in [6.07, 6.45) is 3.32. The molecule has 2 rings (SSSR count). The van der Waals surface area contributed by atoms with Crippen LogP contribution in [0.15, 0.2) is 15.4 Å². The molecule has 0 radical (unpaired) electrons. The fourth-order valence-corrected chi connectivity index (χ4v) is 2.33. The van der Waals surface area contributed by atoms with Gasteiger partial charge in [-0.3, -0.25) is 4.79 Å². The van der Waals surface area contributed by atoms with Crippen molar-refractivity contribution >= 4 is 11.0 Å². The van der Waals surface area contributed by atoms with Gasteiger partial charge >= 0.3 is 0 Å². The lowest BCUT2D eigenvalue weighted by Gasteiger charge is -2.08. The first-order chi connectivity index (χ1) is 8.60. The van der Waals surface area contributed by atoms with Crippen molar-refractivity contribution in [3.63, 3.8) is 0 Å². The third-order valence-electron chi connectivity index (χ3n) is 3.19. The number of rotatable bonds is 4. The second-order valence-corrected chi connectivity index (χ2v) is 4.63. The highest BCUT2D eigenvalue weighted by atomic mass is 16.5. The van der Waals surface area contributed by atoms with Gasteiger partial charge < -0.3 is 9.63 Å². The van der Waals surface area contributed by atoms with Crippen molar-refractivity contribution in [2.24, 2.45) is 7.05 Å². The van der Waals surface area contributed by atoms with Gasteiger partial charge in [0, 0.05) is 12.6 Å². The summed E-state index contributed by atoms with van der Waals surface area (Å²) in [6, 6.07) is 1.76. The van der Waals surface area contributed by atoms with Gasteiger partial charge in [-0.2, -0.15) is 4.74 Å². The van der Waals surface area contributed by atoms with Crippen molar-refractivity contribution in [2.45, 2.75) is 39.5 Å². The molecule has 0 atom stereocenters. The number of nitrogens with zero attached hydrogens (tertiary/aromatic N) is 1. The number of hydrogen-bond acceptors (Lipinski definition) is 3. The Balaban J connectivity index is 2.78. The molecule has 1 heterocycles. The Bertz CT molecular complexity index is 622. The Morgan fingerprint density at radius 1 is 1.28 bits per heavy atom. The number of benzene rings is 1. The van der Waals surface area contributed by atoms with Crippen LogP contribution < -0.4 is 5.56 Å². The first-order valence-electron chi connectivity index (χ1n) is 6.43. The molecule has 0 saturated heterocycles. The van der Waals surface area contributed by atoms with Crippen molar-refractivity contribution in [2.75, 3.05) is 0 Å². The Labute approximate surface area is 106 Å². The molecule has 0 fully saturated rings. The van der Waals surface area contributed by atoms with E-state index >= 15 is 0 Å². The fraction of sp³-hybridized carbons (Fsp3) is 0.500. The zero-order valence-electron chi connectivity index (χ0n) is 11.1. The molecule has 1 aromatic heterocycles. The molecule has 2 aromatic rings. The van der Waals surface area contributed by atoms with Crippen LogP contribution in [-0.4, -0.2) is 9.85 Å². The molecule has 0 amide bonds. The summed E-state index contributed by atoms with van der Waals surface area (Å²) in [7, 11) is 1.59. The molecule has 0 aliphatic heterocycles. The minimum absolute atomic E-state index is 0.139. The quantitative estimate of drug-likeness (QED) is 0.906. The zero-order chi connectivity index (χ0) is 13.3. The molecule has 0 spiro atoms. The monoisotopic (exact) mass is 249 g/mol. The number of aromatic hydroxyl groups is 1. The number of fused-ring (bicyclic) bond motifs is 1. The average Bonchev–Trinajstić information content (AvgIpc) is 2.62. The predicted octanol–water partition coefficient (Wildman–Crippen LogP) is 2.74. The molecular weight excluding hydrogens is 230 g/mol. The third kappa shape index (κ3) is 1.92. The van der Waals surface area contributed by atoms with E-state index in [2.05, 4.69) is 6.92 Å². The van der Waals surface area contributed by atoms with Crippen LogP contribution in [0, 0.1) is 0 Å². The van der Waals surface area contributed by atoms with Crippen LogP contribution in [0.1, 0.15) is 37.8 Å². The van der Waals surface area contributed by atoms with Crippen LogP contribution in [-0.2, 0) is 19.9 Å². The topological polar surface area (TPSA) is 55.4 Å². The van der Waals surface area contributed by atoms with Crippen LogP contribution >= 0.6 is 0 Å². The van der Waals surface area contributed by atoms with Crippen LogP contribution in [0.4, 0.5) is 0 Å². The van der Waals surface area contributed by atoms with Crippen LogP contribution in [0.25, 0.3) is 11.0 Å². The first-order valence-corrected chi connectivity index (χ1v) is 6.43. The smallest absolute Gasteiger partial charge is 0.290 e. The second kappa shape index (κ2) is 4.88. The molecule has 4 nitrogen and oxygen atoms in total. The lowest BCUT2D eigenvalue weighted by atomic mass is 9.99. The van der Waals surface area contributed by atoms with Gasteiger partial charge in [0.2, 0.25) is 0 Å². The highest BCUT2D eigenvalue weighted by Crippen LogP contribution is 2.32. The summed E-state index contributed by atoms with van der Waals surface area (Å²) in [5.41, 5.74) is 1.99. The summed E-state index contributed by atoms with van der Waals surface area (Å²) < 4.78 is 6.66. The summed E-state index contributed by atoms with van der Waals surface area (Å²) in [6.45, 7) is 4.09. The van der Waals surface area contributed by atoms with Gasteiger partial charge in [0.25, 0.3) is 5.56 Å². The third-order valence-corrected chi connectivity index (χ3v) is 3.19. The van der Waals surface area contributed by atoms with Gasteiger partial charge in [-0.05, 0) is 24.5 Å². The van der Waals surface area contributed by atoms with Gasteiger partial charge in [0.05, 0.1) is 5.39 Å². The Hall–Kier alpha value is -1.71. The van der Waals surface area contributed by atoms with Gasteiger partial charge in [-0.25, -0.2) is 0 Å². The molecule has 1 N–H and O–H groups in total. The minimum atomic E-state index is -0.139. The van der Waals surface area contributed by atoms with E-state index < -0.39 is 0 Å². The molecule has 0 aliphatic rings. The summed E-state index contributed by atoms with van der Waals surface area (Å²) in [5, 5.41) is 10.8. The van der Waals surface area contributed by atoms with E-state index in [1.54, 1.807) is 13.1 Å². The molecule has 0 aliphatic carbocycles. The van der Waals surface area contributed by atoms with Gasteiger partial charge in [0.15, 0.2) is 5.58 Å². The predicted molar refractivity (Wildman–Crippen MR) is 71.1 cm³/mol. The van der Waals surface area contributed by atoms with E-state index in [9.17, 15) is 9.90 Å². The molecular formula is C14H19NO3. The fourth-order valence-electron chi connectivity index (χ4n) is 2.33. The van der Waals surface area contributed by atoms with Crippen molar-refractivity contribution < 1.29 is 9.63 Å². The molecule has 18 heavy (non-hydrogen) atoms. The Kier molecular flexibility index (Phi) is 3.45. The summed E-state index contributed by atoms with van der Waals surface area (Å²) in [5.74, 6) is 0.292. The van der Waals surface area contributed by atoms with E-state index in [4.69, 9.17) is 4.52 Å². The number of aromatic nitrogens is 1. The van der Waals surface area contributed by atoms with Crippen LogP contribution in [0.3, 0.4) is 0 Å². The standard InChI is InChI=1S/C14H19NO3/c1-4-6-9-8-11-13(18-15(3)14(11)17)10(7-5-2)12(9)16/h8,16H,4-7H2,1-3H3. The zero-order valence-corrected chi connectivity index (χ0v) is 11.1. The molecule has 98 valence electrons. The second-order valence-electron chi connectivity index (χ2n) is 4.63. The number of phenolic OH excluding ortho intramolecular Hbond substituents is 1. The van der Waals surface area contributed by atoms with Crippen molar-refractivity contribution in [1.29, 1.82) is 0 Å². The molecule has 4 heteroatoms. The van der Waals surface area contributed by atoms with E-state index in [1.807, 2.05) is 6.92 Å². The SMILES string of the molecule is CCCc1cc2c(=O)n(C)oc2c(CCC)c1O. The molecule has 0 saturated carbocycles. The highest BCUT2D eigenvalue weighted by molar-refractivity contribution is 5.83. The van der Waals surface area contributed by atoms with E-state index in [0.717, 1.165) is 30.4 Å². The van der Waals surface area contributed by atoms with Gasteiger partial charge in [0.1, 0.15) is 5.75 Å². The molecule has 0 unspecified atom stereocenters. The lowest BCUT2D eigenvalue weighted by Crippen LogP contribution is -2.09. The number of hydrogen-bond donors (Lipinski definition) is 1. The maximum Gasteiger partial charge on any atom is 0.290 e. The van der Waals surface area contributed by atoms with E-state index in [-0.39, 0.29) is 5.56 Å². The maximum atomic E-state index is 11.9. The van der Waals surface area contributed by atoms with Crippen LogP contribution in [0.5, 0.6) is 5.75 Å². The Morgan fingerprint density at radius 2 is 1.94 bits per heavy atom. The van der Waals surface area contributed by atoms with E-state index in [1.165, 1.54) is 4.74 Å². The largest absolute Gasteiger partial charge is 0.507 e. The number of phenols is 1. The maximum absolute atomic E-state index is 11.9. The van der Waals surface area contributed by atoms with Gasteiger partial charge in [-0.1, -0.05) is 26.7 Å². The number of aryl methyl sites for hydroxylation is 3. The molecule has 0 bridgehead atoms. The summed E-state index contributed by atoms with van der Waals surface area (Å²) >= 11 is 0. The average molecular weight is 249 g/mol. The van der Waals surface area contributed by atoms with Crippen molar-refractivity contribution in [3.05, 3.63) is 27.5 Å². The lowest BCUT2D eigenvalue weighted by molar-refractivity contribution is 0.321. The summed E-state index contributed by atoms with van der Waals surface area (Å²) in [4.78, 5) is 11.9.